The van der Waals surface area contributed by atoms with E-state index in [1.54, 1.807) is 0 Å². The van der Waals surface area contributed by atoms with Gasteiger partial charge < -0.3 is 9.84 Å². The first-order valence-corrected chi connectivity index (χ1v) is 5.53. The summed E-state index contributed by atoms with van der Waals surface area (Å²) in [7, 11) is 0. The average molecular weight is 250 g/mol. The lowest BCUT2D eigenvalue weighted by molar-refractivity contribution is -0.153. The molecule has 0 atom stereocenters. The first kappa shape index (κ1) is 14.1. The summed E-state index contributed by atoms with van der Waals surface area (Å²) < 4.78 is 5.30. The second-order valence-electron chi connectivity index (χ2n) is 3.70. The molecular weight excluding hydrogens is 236 g/mol. The van der Waals surface area contributed by atoms with Gasteiger partial charge in [0.2, 0.25) is 5.78 Å². The molecule has 1 rings (SSSR count). The van der Waals surface area contributed by atoms with Crippen molar-refractivity contribution in [3.8, 4) is 0 Å². The predicted octanol–water partition coefficient (Wildman–Crippen LogP) is 1.21. The molecule has 0 aliphatic carbocycles. The van der Waals surface area contributed by atoms with E-state index in [4.69, 9.17) is 9.84 Å². The van der Waals surface area contributed by atoms with Crippen LogP contribution in [-0.4, -0.2) is 29.2 Å². The molecule has 0 aliphatic heterocycles. The predicted molar refractivity (Wildman–Crippen MR) is 63.0 cm³/mol. The Balaban J connectivity index is 2.14. The van der Waals surface area contributed by atoms with Crippen molar-refractivity contribution >= 4 is 17.5 Å². The van der Waals surface area contributed by atoms with E-state index in [-0.39, 0.29) is 6.42 Å². The maximum absolute atomic E-state index is 11.0. The molecule has 1 N–H and O–H groups in total. The molecule has 0 saturated heterocycles. The van der Waals surface area contributed by atoms with Crippen LogP contribution >= 0.6 is 0 Å². The number of carboxylic acid groups (broad SMARTS) is 1. The molecule has 0 aromatic heterocycles. The quantitative estimate of drug-likeness (QED) is 0.426. The minimum absolute atomic E-state index is 0.0973. The molecule has 0 heterocycles. The zero-order chi connectivity index (χ0) is 13.4. The largest absolute Gasteiger partial charge is 0.475 e. The van der Waals surface area contributed by atoms with Crippen molar-refractivity contribution in [2.45, 2.75) is 19.4 Å². The lowest BCUT2D eigenvalue weighted by atomic mass is 10.1. The third-order valence-electron chi connectivity index (χ3n) is 2.25. The van der Waals surface area contributed by atoms with Gasteiger partial charge >= 0.3 is 11.8 Å². The smallest absolute Gasteiger partial charge is 0.380 e. The highest BCUT2D eigenvalue weighted by atomic mass is 16.5. The summed E-state index contributed by atoms with van der Waals surface area (Å²) >= 11 is 0. The highest BCUT2D eigenvalue weighted by Gasteiger charge is 2.20. The SMILES string of the molecule is O=C(O)C(=O)C(=O)CCCOCc1ccccc1. The van der Waals surface area contributed by atoms with Crippen molar-refractivity contribution in [2.24, 2.45) is 0 Å². The maximum Gasteiger partial charge on any atom is 0.380 e. The van der Waals surface area contributed by atoms with E-state index in [1.165, 1.54) is 0 Å². The number of carbonyl (C=O) groups excluding carboxylic acids is 2. The number of ketones is 2. The Kier molecular flexibility index (Phi) is 5.73. The first-order chi connectivity index (χ1) is 8.61. The van der Waals surface area contributed by atoms with Gasteiger partial charge in [-0.15, -0.1) is 0 Å². The van der Waals surface area contributed by atoms with Crippen molar-refractivity contribution in [2.75, 3.05) is 6.61 Å². The Morgan fingerprint density at radius 1 is 1.11 bits per heavy atom. The Morgan fingerprint density at radius 2 is 1.78 bits per heavy atom. The zero-order valence-electron chi connectivity index (χ0n) is 9.80. The Bertz CT molecular complexity index is 424. The van der Waals surface area contributed by atoms with E-state index in [1.807, 2.05) is 30.3 Å². The molecule has 0 bridgehead atoms. The molecule has 0 unspecified atom stereocenters. The Labute approximate surface area is 104 Å². The molecule has 0 fully saturated rings. The number of aliphatic carboxylic acids is 1. The van der Waals surface area contributed by atoms with Crippen molar-refractivity contribution in [3.05, 3.63) is 35.9 Å². The molecule has 1 aromatic rings. The normalized spacial score (nSPS) is 10.0. The van der Waals surface area contributed by atoms with Gasteiger partial charge in [0.25, 0.3) is 0 Å². The molecular formula is C13H14O5. The second-order valence-corrected chi connectivity index (χ2v) is 3.70. The van der Waals surface area contributed by atoms with Crippen molar-refractivity contribution < 1.29 is 24.2 Å². The van der Waals surface area contributed by atoms with Crippen LogP contribution in [0.25, 0.3) is 0 Å². The summed E-state index contributed by atoms with van der Waals surface area (Å²) in [5, 5.41) is 8.30. The van der Waals surface area contributed by atoms with E-state index >= 15 is 0 Å². The number of benzene rings is 1. The maximum atomic E-state index is 11.0. The topological polar surface area (TPSA) is 80.7 Å². The Morgan fingerprint density at radius 3 is 2.39 bits per heavy atom. The van der Waals surface area contributed by atoms with Crippen LogP contribution in [0.15, 0.2) is 30.3 Å². The molecule has 96 valence electrons. The highest BCUT2D eigenvalue weighted by Crippen LogP contribution is 2.02. The zero-order valence-corrected chi connectivity index (χ0v) is 9.80. The van der Waals surface area contributed by atoms with Crippen LogP contribution in [0.3, 0.4) is 0 Å². The van der Waals surface area contributed by atoms with Gasteiger partial charge in [-0.2, -0.15) is 0 Å². The number of hydrogen-bond donors (Lipinski definition) is 1. The van der Waals surface area contributed by atoms with Crippen LogP contribution < -0.4 is 0 Å². The number of carbonyl (C=O) groups is 3. The lowest BCUT2D eigenvalue weighted by Crippen LogP contribution is -2.23. The molecule has 5 heteroatoms. The number of hydrogen-bond acceptors (Lipinski definition) is 4. The van der Waals surface area contributed by atoms with Gasteiger partial charge in [0.05, 0.1) is 6.61 Å². The van der Waals surface area contributed by atoms with E-state index in [0.717, 1.165) is 5.56 Å². The fourth-order valence-electron chi connectivity index (χ4n) is 1.33. The fraction of sp³-hybridized carbons (Fsp3) is 0.308. The molecule has 0 saturated carbocycles. The standard InChI is InChI=1S/C13H14O5/c14-11(12(15)13(16)17)7-4-8-18-9-10-5-2-1-3-6-10/h1-3,5-6H,4,7-9H2,(H,16,17). The highest BCUT2D eigenvalue weighted by molar-refractivity contribution is 6.61. The van der Waals surface area contributed by atoms with Crippen LogP contribution in [0.5, 0.6) is 0 Å². The van der Waals surface area contributed by atoms with Crippen molar-refractivity contribution in [1.29, 1.82) is 0 Å². The molecule has 0 amide bonds. The molecule has 0 radical (unpaired) electrons. The lowest BCUT2D eigenvalue weighted by Gasteiger charge is -2.03. The van der Waals surface area contributed by atoms with E-state index in [2.05, 4.69) is 0 Å². The summed E-state index contributed by atoms with van der Waals surface area (Å²) in [6, 6.07) is 9.53. The molecule has 18 heavy (non-hydrogen) atoms. The fourth-order valence-corrected chi connectivity index (χ4v) is 1.33. The Hall–Kier alpha value is -2.01. The molecule has 5 nitrogen and oxygen atoms in total. The summed E-state index contributed by atoms with van der Waals surface area (Å²) in [6.45, 7) is 0.745. The van der Waals surface area contributed by atoms with Gasteiger partial charge in [-0.25, -0.2) is 4.79 Å². The van der Waals surface area contributed by atoms with E-state index < -0.39 is 17.5 Å². The van der Waals surface area contributed by atoms with Crippen molar-refractivity contribution in [3.63, 3.8) is 0 Å². The molecule has 1 aromatic carbocycles. The monoisotopic (exact) mass is 250 g/mol. The van der Waals surface area contributed by atoms with Crippen LogP contribution in [0, 0.1) is 0 Å². The van der Waals surface area contributed by atoms with Gasteiger partial charge in [0, 0.05) is 13.0 Å². The second kappa shape index (κ2) is 7.34. The van der Waals surface area contributed by atoms with Crippen LogP contribution in [-0.2, 0) is 25.7 Å². The van der Waals surface area contributed by atoms with Crippen LogP contribution in [0.1, 0.15) is 18.4 Å². The van der Waals surface area contributed by atoms with Gasteiger partial charge in [-0.1, -0.05) is 30.3 Å². The minimum Gasteiger partial charge on any atom is -0.475 e. The van der Waals surface area contributed by atoms with Gasteiger partial charge in [-0.3, -0.25) is 9.59 Å². The third-order valence-corrected chi connectivity index (χ3v) is 2.25. The number of ether oxygens (including phenoxy) is 1. The van der Waals surface area contributed by atoms with E-state index in [0.29, 0.717) is 19.6 Å². The summed E-state index contributed by atoms with van der Waals surface area (Å²) in [6.07, 6.45) is 0.241. The first-order valence-electron chi connectivity index (χ1n) is 5.53. The van der Waals surface area contributed by atoms with Crippen LogP contribution in [0.4, 0.5) is 0 Å². The summed E-state index contributed by atoms with van der Waals surface area (Å²) in [4.78, 5) is 32.0. The van der Waals surface area contributed by atoms with Gasteiger partial charge in [0.15, 0.2) is 0 Å². The number of Topliss-reactive ketones (excluding diaryl/α,β-unsaturated/α-hetero) is 2. The van der Waals surface area contributed by atoms with Gasteiger partial charge in [-0.05, 0) is 12.0 Å². The van der Waals surface area contributed by atoms with Crippen molar-refractivity contribution in [1.82, 2.24) is 0 Å². The van der Waals surface area contributed by atoms with Crippen LogP contribution in [0.2, 0.25) is 0 Å². The molecule has 0 spiro atoms. The van der Waals surface area contributed by atoms with E-state index in [9.17, 15) is 14.4 Å². The average Bonchev–Trinajstić information content (AvgIpc) is 2.38. The molecule has 0 aliphatic rings. The summed E-state index contributed by atoms with van der Waals surface area (Å²) in [5.74, 6) is -3.95. The minimum atomic E-state index is -1.70. The third kappa shape index (κ3) is 4.88. The van der Waals surface area contributed by atoms with Gasteiger partial charge in [0.1, 0.15) is 0 Å². The summed E-state index contributed by atoms with van der Waals surface area (Å²) in [5.41, 5.74) is 1.02. The number of carboxylic acids is 1. The number of rotatable bonds is 8.